The molecule has 168 valence electrons. The molecule has 32 heavy (non-hydrogen) atoms. The summed E-state index contributed by atoms with van der Waals surface area (Å²) in [5, 5.41) is 0.152. The minimum atomic E-state index is -3.91. The standard InChI is InChI=1S/C23H25N3O5S/c1-15-4-5-17(12-16(15)2)25(3)32(29,30)18-6-7-21-19(13-18)22(27)20(14-24-21)23(28)26-8-10-31-11-9-26/h4-7,12-14H,8-11H2,1-3H3,(H,24,27). The topological polar surface area (TPSA) is 99.8 Å². The van der Waals surface area contributed by atoms with Crippen LogP contribution in [0.15, 0.2) is 52.3 Å². The first kappa shape index (κ1) is 22.0. The van der Waals surface area contributed by atoms with Crippen molar-refractivity contribution in [1.29, 1.82) is 0 Å². The van der Waals surface area contributed by atoms with Crippen LogP contribution in [0, 0.1) is 13.8 Å². The quantitative estimate of drug-likeness (QED) is 0.651. The number of sulfonamides is 1. The van der Waals surface area contributed by atoms with E-state index in [4.69, 9.17) is 4.74 Å². The zero-order valence-electron chi connectivity index (χ0n) is 18.2. The Morgan fingerprint density at radius 3 is 2.47 bits per heavy atom. The molecule has 2 aromatic carbocycles. The normalized spacial score (nSPS) is 14.5. The molecule has 0 bridgehead atoms. The van der Waals surface area contributed by atoms with Gasteiger partial charge in [-0.1, -0.05) is 6.07 Å². The van der Waals surface area contributed by atoms with Gasteiger partial charge in [0.15, 0.2) is 0 Å². The largest absolute Gasteiger partial charge is 0.378 e. The van der Waals surface area contributed by atoms with Gasteiger partial charge in [-0.3, -0.25) is 13.9 Å². The summed E-state index contributed by atoms with van der Waals surface area (Å²) in [6.45, 7) is 5.53. The smallest absolute Gasteiger partial charge is 0.264 e. The third-order valence-electron chi connectivity index (χ3n) is 5.89. The summed E-state index contributed by atoms with van der Waals surface area (Å²) in [5.74, 6) is -0.392. The molecule has 8 nitrogen and oxygen atoms in total. The van der Waals surface area contributed by atoms with Gasteiger partial charge in [0.25, 0.3) is 15.9 Å². The lowest BCUT2D eigenvalue weighted by Crippen LogP contribution is -2.42. The van der Waals surface area contributed by atoms with Crippen LogP contribution in [0.2, 0.25) is 0 Å². The lowest BCUT2D eigenvalue weighted by Gasteiger charge is -2.26. The third kappa shape index (κ3) is 3.89. The van der Waals surface area contributed by atoms with Crippen LogP contribution < -0.4 is 9.73 Å². The van der Waals surface area contributed by atoms with Gasteiger partial charge >= 0.3 is 0 Å². The van der Waals surface area contributed by atoms with E-state index in [9.17, 15) is 18.0 Å². The minimum Gasteiger partial charge on any atom is -0.378 e. The average molecular weight is 456 g/mol. The predicted molar refractivity (Wildman–Crippen MR) is 123 cm³/mol. The molecule has 4 rings (SSSR count). The number of amides is 1. The van der Waals surface area contributed by atoms with Gasteiger partial charge in [-0.15, -0.1) is 0 Å². The Balaban J connectivity index is 1.74. The van der Waals surface area contributed by atoms with Crippen molar-refractivity contribution in [2.24, 2.45) is 0 Å². The van der Waals surface area contributed by atoms with Crippen molar-refractivity contribution < 1.29 is 17.9 Å². The second-order valence-corrected chi connectivity index (χ2v) is 9.85. The summed E-state index contributed by atoms with van der Waals surface area (Å²) in [6, 6.07) is 9.74. The molecule has 0 unspecified atom stereocenters. The highest BCUT2D eigenvalue weighted by atomic mass is 32.2. The van der Waals surface area contributed by atoms with E-state index in [0.717, 1.165) is 11.1 Å². The highest BCUT2D eigenvalue weighted by molar-refractivity contribution is 7.92. The van der Waals surface area contributed by atoms with Gasteiger partial charge in [0, 0.05) is 37.2 Å². The molecule has 2 heterocycles. The Kier molecular flexibility index (Phi) is 5.79. The molecule has 0 atom stereocenters. The van der Waals surface area contributed by atoms with Crippen molar-refractivity contribution in [1.82, 2.24) is 9.88 Å². The van der Waals surface area contributed by atoms with Crippen LogP contribution in [0.25, 0.3) is 10.9 Å². The number of anilines is 1. The first-order valence-corrected chi connectivity index (χ1v) is 11.7. The number of nitrogens with one attached hydrogen (secondary N) is 1. The molecule has 1 fully saturated rings. The fourth-order valence-corrected chi connectivity index (χ4v) is 4.89. The Labute approximate surface area is 186 Å². The Morgan fingerprint density at radius 2 is 1.78 bits per heavy atom. The number of rotatable bonds is 4. The number of morpholine rings is 1. The predicted octanol–water partition coefficient (Wildman–Crippen LogP) is 2.44. The maximum atomic E-state index is 13.3. The lowest BCUT2D eigenvalue weighted by molar-refractivity contribution is 0.0302. The van der Waals surface area contributed by atoms with Gasteiger partial charge in [-0.05, 0) is 55.3 Å². The molecule has 1 aliphatic rings. The third-order valence-corrected chi connectivity index (χ3v) is 7.68. The number of H-pyrrole nitrogens is 1. The summed E-state index contributed by atoms with van der Waals surface area (Å²) in [5.41, 5.74) is 2.51. The maximum Gasteiger partial charge on any atom is 0.264 e. The molecule has 0 spiro atoms. The van der Waals surface area contributed by atoms with E-state index < -0.39 is 21.4 Å². The molecule has 1 aliphatic heterocycles. The highest BCUT2D eigenvalue weighted by Crippen LogP contribution is 2.25. The van der Waals surface area contributed by atoms with Crippen molar-refractivity contribution in [3.8, 4) is 0 Å². The molecule has 0 saturated carbocycles. The zero-order chi connectivity index (χ0) is 23.0. The van der Waals surface area contributed by atoms with Crippen molar-refractivity contribution >= 4 is 32.5 Å². The molecule has 0 radical (unpaired) electrons. The van der Waals surface area contributed by atoms with Gasteiger partial charge in [0.2, 0.25) is 5.43 Å². The second kappa shape index (κ2) is 8.40. The van der Waals surface area contributed by atoms with Crippen molar-refractivity contribution in [2.45, 2.75) is 18.7 Å². The number of fused-ring (bicyclic) bond motifs is 1. The number of aromatic nitrogens is 1. The van der Waals surface area contributed by atoms with Gasteiger partial charge in [-0.2, -0.15) is 0 Å². The summed E-state index contributed by atoms with van der Waals surface area (Å²) < 4.78 is 33.0. The fraction of sp³-hybridized carbons (Fsp3) is 0.304. The molecule has 0 aliphatic carbocycles. The van der Waals surface area contributed by atoms with E-state index >= 15 is 0 Å². The molecule has 1 saturated heterocycles. The van der Waals surface area contributed by atoms with Crippen molar-refractivity contribution in [3.63, 3.8) is 0 Å². The van der Waals surface area contributed by atoms with E-state index in [1.165, 1.54) is 29.7 Å². The van der Waals surface area contributed by atoms with Crippen LogP contribution in [0.5, 0.6) is 0 Å². The molecule has 1 aromatic heterocycles. The van der Waals surface area contributed by atoms with Crippen LogP contribution >= 0.6 is 0 Å². The Morgan fingerprint density at radius 1 is 1.06 bits per heavy atom. The number of aryl methyl sites for hydroxylation is 2. The summed E-state index contributed by atoms with van der Waals surface area (Å²) in [7, 11) is -2.44. The SMILES string of the molecule is Cc1ccc(N(C)S(=O)(=O)c2ccc3[nH]cc(C(=O)N4CCOCC4)c(=O)c3c2)cc1C. The maximum absolute atomic E-state index is 13.3. The summed E-state index contributed by atoms with van der Waals surface area (Å²) in [6.07, 6.45) is 1.39. The highest BCUT2D eigenvalue weighted by Gasteiger charge is 2.25. The lowest BCUT2D eigenvalue weighted by atomic mass is 10.1. The average Bonchev–Trinajstić information content (AvgIpc) is 2.80. The molecular formula is C23H25N3O5S. The van der Waals surface area contributed by atoms with Gasteiger partial charge in [0.1, 0.15) is 5.56 Å². The van der Waals surface area contributed by atoms with E-state index in [-0.39, 0.29) is 15.8 Å². The molecule has 9 heteroatoms. The van der Waals surface area contributed by atoms with Crippen LogP contribution in [0.3, 0.4) is 0 Å². The van der Waals surface area contributed by atoms with E-state index in [2.05, 4.69) is 4.98 Å². The number of carbonyl (C=O) groups is 1. The number of aromatic amines is 1. The number of nitrogens with zero attached hydrogens (tertiary/aromatic N) is 2. The van der Waals surface area contributed by atoms with Crippen LogP contribution in [-0.4, -0.2) is 57.6 Å². The number of hydrogen-bond donors (Lipinski definition) is 1. The van der Waals surface area contributed by atoms with Gasteiger partial charge in [0.05, 0.1) is 23.8 Å². The van der Waals surface area contributed by atoms with Crippen molar-refractivity contribution in [2.75, 3.05) is 37.7 Å². The number of carbonyl (C=O) groups excluding carboxylic acids is 1. The fourth-order valence-electron chi connectivity index (χ4n) is 3.67. The molecule has 1 N–H and O–H groups in total. The number of hydrogen-bond acceptors (Lipinski definition) is 5. The Bertz CT molecular complexity index is 1360. The van der Waals surface area contributed by atoms with Gasteiger partial charge in [-0.25, -0.2) is 8.42 Å². The van der Waals surface area contributed by atoms with Crippen LogP contribution in [0.4, 0.5) is 5.69 Å². The summed E-state index contributed by atoms with van der Waals surface area (Å²) in [4.78, 5) is 30.4. The summed E-state index contributed by atoms with van der Waals surface area (Å²) >= 11 is 0. The van der Waals surface area contributed by atoms with E-state index in [1.807, 2.05) is 19.9 Å². The van der Waals surface area contributed by atoms with E-state index in [1.54, 1.807) is 23.1 Å². The van der Waals surface area contributed by atoms with Crippen LogP contribution in [0.1, 0.15) is 21.5 Å². The number of pyridine rings is 1. The molecular weight excluding hydrogens is 430 g/mol. The van der Waals surface area contributed by atoms with Crippen LogP contribution in [-0.2, 0) is 14.8 Å². The zero-order valence-corrected chi connectivity index (χ0v) is 19.0. The van der Waals surface area contributed by atoms with Crippen molar-refractivity contribution in [3.05, 3.63) is 69.5 Å². The van der Waals surface area contributed by atoms with E-state index in [0.29, 0.717) is 37.5 Å². The second-order valence-electron chi connectivity index (χ2n) is 7.88. The first-order chi connectivity index (χ1) is 15.2. The number of ether oxygens (including phenoxy) is 1. The number of benzene rings is 2. The molecule has 1 amide bonds. The van der Waals surface area contributed by atoms with Gasteiger partial charge < -0.3 is 14.6 Å². The minimum absolute atomic E-state index is 0.0172. The first-order valence-electron chi connectivity index (χ1n) is 10.3. The monoisotopic (exact) mass is 455 g/mol. The molecule has 3 aromatic rings. The Hall–Kier alpha value is -3.17.